The number of aromatic nitrogens is 2. The van der Waals surface area contributed by atoms with Crippen LogP contribution in [0.5, 0.6) is 0 Å². The summed E-state index contributed by atoms with van der Waals surface area (Å²) < 4.78 is 37.9. The van der Waals surface area contributed by atoms with E-state index < -0.39 is 17.7 Å². The molecule has 0 saturated heterocycles. The van der Waals surface area contributed by atoms with Crippen LogP contribution in [0, 0.1) is 6.92 Å². The van der Waals surface area contributed by atoms with Crippen LogP contribution in [0.2, 0.25) is 0 Å². The highest BCUT2D eigenvalue weighted by Crippen LogP contribution is 2.31. The third kappa shape index (κ3) is 2.93. The Labute approximate surface area is 111 Å². The molecular weight excluding hydrogens is 273 g/mol. The second-order valence-electron chi connectivity index (χ2n) is 4.15. The first-order valence-electron chi connectivity index (χ1n) is 5.52. The van der Waals surface area contributed by atoms with Crippen LogP contribution >= 0.6 is 0 Å². The molecule has 104 valence electrons. The first-order chi connectivity index (χ1) is 9.27. The molecule has 0 radical (unpaired) electrons. The number of rotatable bonds is 2. The molecule has 0 aliphatic carbocycles. The molecule has 2 rings (SSSR count). The van der Waals surface area contributed by atoms with Crippen molar-refractivity contribution in [1.29, 1.82) is 0 Å². The maximum Gasteiger partial charge on any atom is 0.417 e. The number of carbonyl (C=O) groups is 1. The molecule has 1 N–H and O–H groups in total. The fourth-order valence-corrected chi connectivity index (χ4v) is 1.70. The molecule has 0 bridgehead atoms. The molecule has 0 saturated carbocycles. The lowest BCUT2D eigenvalue weighted by Gasteiger charge is -2.09. The Bertz CT molecular complexity index is 669. The normalized spacial score (nSPS) is 11.4. The van der Waals surface area contributed by atoms with Crippen molar-refractivity contribution in [1.82, 2.24) is 9.97 Å². The van der Waals surface area contributed by atoms with Gasteiger partial charge in [0.25, 0.3) is 0 Å². The summed E-state index contributed by atoms with van der Waals surface area (Å²) in [6.07, 6.45) is -2.54. The summed E-state index contributed by atoms with van der Waals surface area (Å²) in [6.45, 7) is 1.57. The zero-order chi connectivity index (χ0) is 14.9. The number of hydrogen-bond donors (Lipinski definition) is 1. The smallest absolute Gasteiger partial charge is 0.417 e. The number of alkyl halides is 3. The van der Waals surface area contributed by atoms with Crippen molar-refractivity contribution in [2.45, 2.75) is 13.1 Å². The average Bonchev–Trinajstić information content (AvgIpc) is 2.37. The van der Waals surface area contributed by atoms with Gasteiger partial charge < -0.3 is 5.11 Å². The number of pyridine rings is 2. The first-order valence-corrected chi connectivity index (χ1v) is 5.52. The quantitative estimate of drug-likeness (QED) is 0.919. The third-order valence-electron chi connectivity index (χ3n) is 2.57. The number of nitrogens with zero attached hydrogens (tertiary/aromatic N) is 2. The second kappa shape index (κ2) is 4.92. The SMILES string of the molecule is Cc1cc(-c2cncc(C(F)(F)F)c2)cc(C(=O)O)n1. The Kier molecular flexibility index (Phi) is 3.44. The number of halogens is 3. The van der Waals surface area contributed by atoms with Gasteiger partial charge in [0.2, 0.25) is 0 Å². The molecule has 4 nitrogen and oxygen atoms in total. The molecule has 2 aromatic rings. The molecule has 0 unspecified atom stereocenters. The lowest BCUT2D eigenvalue weighted by molar-refractivity contribution is -0.137. The van der Waals surface area contributed by atoms with Crippen molar-refractivity contribution in [2.24, 2.45) is 0 Å². The summed E-state index contributed by atoms with van der Waals surface area (Å²) in [6, 6.07) is 3.64. The zero-order valence-electron chi connectivity index (χ0n) is 10.3. The van der Waals surface area contributed by atoms with Gasteiger partial charge in [-0.25, -0.2) is 9.78 Å². The van der Waals surface area contributed by atoms with Crippen LogP contribution in [0.25, 0.3) is 11.1 Å². The minimum absolute atomic E-state index is 0.188. The van der Waals surface area contributed by atoms with Crippen LogP contribution in [0.15, 0.2) is 30.6 Å². The third-order valence-corrected chi connectivity index (χ3v) is 2.57. The zero-order valence-corrected chi connectivity index (χ0v) is 10.3. The van der Waals surface area contributed by atoms with Gasteiger partial charge in [0.1, 0.15) is 5.69 Å². The fraction of sp³-hybridized carbons (Fsp3) is 0.154. The van der Waals surface area contributed by atoms with Gasteiger partial charge in [-0.15, -0.1) is 0 Å². The molecule has 0 spiro atoms. The number of carboxylic acids is 1. The number of hydrogen-bond acceptors (Lipinski definition) is 3. The van der Waals surface area contributed by atoms with Gasteiger partial charge in [-0.1, -0.05) is 0 Å². The predicted molar refractivity (Wildman–Crippen MR) is 64.2 cm³/mol. The van der Waals surface area contributed by atoms with Gasteiger partial charge in [-0.3, -0.25) is 4.98 Å². The highest BCUT2D eigenvalue weighted by molar-refractivity contribution is 5.87. The van der Waals surface area contributed by atoms with E-state index in [2.05, 4.69) is 9.97 Å². The number of carboxylic acid groups (broad SMARTS) is 1. The number of aryl methyl sites for hydroxylation is 1. The molecule has 0 amide bonds. The Morgan fingerprint density at radius 2 is 1.85 bits per heavy atom. The largest absolute Gasteiger partial charge is 0.477 e. The minimum atomic E-state index is -4.50. The first kappa shape index (κ1) is 14.0. The molecule has 0 aliphatic rings. The van der Waals surface area contributed by atoms with Crippen molar-refractivity contribution < 1.29 is 23.1 Å². The summed E-state index contributed by atoms with van der Waals surface area (Å²) >= 11 is 0. The van der Waals surface area contributed by atoms with Gasteiger partial charge >= 0.3 is 12.1 Å². The van der Waals surface area contributed by atoms with Gasteiger partial charge in [-0.2, -0.15) is 13.2 Å². The van der Waals surface area contributed by atoms with Gasteiger partial charge in [0, 0.05) is 23.7 Å². The van der Waals surface area contributed by atoms with Crippen LogP contribution in [0.1, 0.15) is 21.7 Å². The van der Waals surface area contributed by atoms with Crippen LogP contribution in [0.4, 0.5) is 13.2 Å². The maximum absolute atomic E-state index is 12.6. The van der Waals surface area contributed by atoms with E-state index in [1.807, 2.05) is 0 Å². The van der Waals surface area contributed by atoms with E-state index in [1.54, 1.807) is 6.92 Å². The number of aromatic carboxylic acids is 1. The summed E-state index contributed by atoms with van der Waals surface area (Å²) in [7, 11) is 0. The van der Waals surface area contributed by atoms with E-state index in [0.717, 1.165) is 12.3 Å². The Morgan fingerprint density at radius 1 is 1.15 bits per heavy atom. The summed E-state index contributed by atoms with van der Waals surface area (Å²) in [5, 5.41) is 8.91. The van der Waals surface area contributed by atoms with Crippen molar-refractivity contribution >= 4 is 5.97 Å². The summed E-state index contributed by atoms with van der Waals surface area (Å²) in [5.74, 6) is -1.24. The monoisotopic (exact) mass is 282 g/mol. The van der Waals surface area contributed by atoms with Crippen molar-refractivity contribution in [3.05, 3.63) is 47.5 Å². The highest BCUT2D eigenvalue weighted by atomic mass is 19.4. The Balaban J connectivity index is 2.54. The van der Waals surface area contributed by atoms with Crippen LogP contribution < -0.4 is 0 Å². The molecule has 0 atom stereocenters. The van der Waals surface area contributed by atoms with E-state index in [1.165, 1.54) is 18.3 Å². The van der Waals surface area contributed by atoms with E-state index >= 15 is 0 Å². The molecule has 0 aromatic carbocycles. The molecule has 7 heteroatoms. The summed E-state index contributed by atoms with van der Waals surface area (Å²) in [5.41, 5.74) is -0.197. The second-order valence-corrected chi connectivity index (χ2v) is 4.15. The van der Waals surface area contributed by atoms with Crippen molar-refractivity contribution in [3.63, 3.8) is 0 Å². The average molecular weight is 282 g/mol. The molecule has 20 heavy (non-hydrogen) atoms. The van der Waals surface area contributed by atoms with E-state index in [9.17, 15) is 18.0 Å². The fourth-order valence-electron chi connectivity index (χ4n) is 1.70. The van der Waals surface area contributed by atoms with Crippen LogP contribution in [-0.2, 0) is 6.18 Å². The van der Waals surface area contributed by atoms with Crippen molar-refractivity contribution in [3.8, 4) is 11.1 Å². The summed E-state index contributed by atoms with van der Waals surface area (Å²) in [4.78, 5) is 18.2. The van der Waals surface area contributed by atoms with Crippen molar-refractivity contribution in [2.75, 3.05) is 0 Å². The van der Waals surface area contributed by atoms with E-state index in [-0.39, 0.29) is 11.3 Å². The lowest BCUT2D eigenvalue weighted by Crippen LogP contribution is -2.06. The molecule has 2 heterocycles. The van der Waals surface area contributed by atoms with Gasteiger partial charge in [-0.05, 0) is 30.7 Å². The molecule has 0 aliphatic heterocycles. The van der Waals surface area contributed by atoms with Gasteiger partial charge in [0.15, 0.2) is 0 Å². The Hall–Kier alpha value is -2.44. The lowest BCUT2D eigenvalue weighted by atomic mass is 10.0. The maximum atomic E-state index is 12.6. The highest BCUT2D eigenvalue weighted by Gasteiger charge is 2.31. The standard InChI is InChI=1S/C13H9F3N2O2/c1-7-2-8(4-11(18-7)12(19)20)9-3-10(6-17-5-9)13(14,15)16/h2-6H,1H3,(H,19,20). The molecule has 2 aromatic heterocycles. The van der Waals surface area contributed by atoms with Crippen LogP contribution in [0.3, 0.4) is 0 Å². The van der Waals surface area contributed by atoms with Crippen LogP contribution in [-0.4, -0.2) is 21.0 Å². The predicted octanol–water partition coefficient (Wildman–Crippen LogP) is 3.17. The van der Waals surface area contributed by atoms with E-state index in [0.29, 0.717) is 11.3 Å². The molecule has 0 fully saturated rings. The molecular formula is C13H9F3N2O2. The Morgan fingerprint density at radius 3 is 2.45 bits per heavy atom. The topological polar surface area (TPSA) is 63.1 Å². The van der Waals surface area contributed by atoms with E-state index in [4.69, 9.17) is 5.11 Å². The minimum Gasteiger partial charge on any atom is -0.477 e. The van der Waals surface area contributed by atoms with Gasteiger partial charge in [0.05, 0.1) is 5.56 Å².